The van der Waals surface area contributed by atoms with E-state index < -0.39 is 0 Å². The van der Waals surface area contributed by atoms with E-state index in [0.717, 1.165) is 25.1 Å². The molecule has 0 spiro atoms. The van der Waals surface area contributed by atoms with Gasteiger partial charge in [-0.05, 0) is 49.9 Å². The third-order valence-electron chi connectivity index (χ3n) is 3.42. The number of hydrogen-bond acceptors (Lipinski definition) is 2. The molecule has 17 heavy (non-hydrogen) atoms. The summed E-state index contributed by atoms with van der Waals surface area (Å²) in [6.45, 7) is 2.10. The quantitative estimate of drug-likeness (QED) is 0.872. The first-order chi connectivity index (χ1) is 8.29. The van der Waals surface area contributed by atoms with Crippen molar-refractivity contribution in [2.75, 3.05) is 20.2 Å². The molecule has 0 aliphatic carbocycles. The summed E-state index contributed by atoms with van der Waals surface area (Å²) < 4.78 is 18.8. The van der Waals surface area contributed by atoms with Gasteiger partial charge in [-0.15, -0.1) is 0 Å². The average molecular weight is 237 g/mol. The van der Waals surface area contributed by atoms with Gasteiger partial charge < -0.3 is 10.1 Å². The van der Waals surface area contributed by atoms with Crippen LogP contribution in [0.4, 0.5) is 4.39 Å². The predicted molar refractivity (Wildman–Crippen MR) is 66.9 cm³/mol. The molecule has 1 aromatic carbocycles. The fourth-order valence-electron chi connectivity index (χ4n) is 2.40. The van der Waals surface area contributed by atoms with Crippen molar-refractivity contribution in [2.45, 2.75) is 25.7 Å². The Balaban J connectivity index is 2.01. The van der Waals surface area contributed by atoms with Gasteiger partial charge in [-0.1, -0.05) is 12.5 Å². The Hall–Kier alpha value is -1.09. The van der Waals surface area contributed by atoms with Gasteiger partial charge in [0.05, 0.1) is 7.11 Å². The standard InChI is InChI=1S/C14H20FNO/c1-17-13-6-5-12(14(15)9-13)8-11-4-2-3-7-16-10-11/h5-6,9,11,16H,2-4,7-8,10H2,1H3. The molecule has 0 amide bonds. The lowest BCUT2D eigenvalue weighted by molar-refractivity contribution is 0.409. The van der Waals surface area contributed by atoms with Gasteiger partial charge in [0.1, 0.15) is 11.6 Å². The van der Waals surface area contributed by atoms with E-state index >= 15 is 0 Å². The Morgan fingerprint density at radius 3 is 3.06 bits per heavy atom. The number of nitrogens with one attached hydrogen (secondary N) is 1. The summed E-state index contributed by atoms with van der Waals surface area (Å²) in [5, 5.41) is 3.41. The second-order valence-electron chi connectivity index (χ2n) is 4.73. The van der Waals surface area contributed by atoms with Crippen molar-refractivity contribution in [1.29, 1.82) is 0 Å². The SMILES string of the molecule is COc1ccc(CC2CCCCNC2)c(F)c1. The monoisotopic (exact) mass is 237 g/mol. The van der Waals surface area contributed by atoms with Crippen molar-refractivity contribution >= 4 is 0 Å². The average Bonchev–Trinajstić information content (AvgIpc) is 2.60. The minimum absolute atomic E-state index is 0.145. The van der Waals surface area contributed by atoms with Crippen molar-refractivity contribution in [2.24, 2.45) is 5.92 Å². The van der Waals surface area contributed by atoms with Gasteiger partial charge in [0.2, 0.25) is 0 Å². The van der Waals surface area contributed by atoms with Crippen molar-refractivity contribution < 1.29 is 9.13 Å². The van der Waals surface area contributed by atoms with E-state index in [0.29, 0.717) is 11.7 Å². The minimum atomic E-state index is -0.145. The molecule has 3 heteroatoms. The lowest BCUT2D eigenvalue weighted by atomic mass is 9.95. The molecule has 0 saturated carbocycles. The molecule has 1 aliphatic heterocycles. The van der Waals surface area contributed by atoms with Gasteiger partial charge in [0.25, 0.3) is 0 Å². The van der Waals surface area contributed by atoms with E-state index in [1.165, 1.54) is 25.3 Å². The first kappa shape index (κ1) is 12.4. The highest BCUT2D eigenvalue weighted by Crippen LogP contribution is 2.22. The van der Waals surface area contributed by atoms with Gasteiger partial charge >= 0.3 is 0 Å². The molecule has 1 heterocycles. The molecule has 1 saturated heterocycles. The van der Waals surface area contributed by atoms with Crippen LogP contribution in [0.25, 0.3) is 0 Å². The van der Waals surface area contributed by atoms with Crippen LogP contribution in [-0.4, -0.2) is 20.2 Å². The van der Waals surface area contributed by atoms with Crippen molar-refractivity contribution in [3.05, 3.63) is 29.6 Å². The highest BCUT2D eigenvalue weighted by Gasteiger charge is 2.14. The summed E-state index contributed by atoms with van der Waals surface area (Å²) in [6.07, 6.45) is 4.50. The maximum Gasteiger partial charge on any atom is 0.130 e. The number of halogens is 1. The predicted octanol–water partition coefficient (Wildman–Crippen LogP) is 2.77. The highest BCUT2D eigenvalue weighted by atomic mass is 19.1. The minimum Gasteiger partial charge on any atom is -0.497 e. The number of methoxy groups -OCH3 is 1. The van der Waals surface area contributed by atoms with E-state index in [1.54, 1.807) is 7.11 Å². The molecule has 1 N–H and O–H groups in total. The summed E-state index contributed by atoms with van der Waals surface area (Å²) in [5.74, 6) is 0.999. The largest absolute Gasteiger partial charge is 0.497 e. The third-order valence-corrected chi connectivity index (χ3v) is 3.42. The van der Waals surface area contributed by atoms with Gasteiger partial charge in [-0.25, -0.2) is 4.39 Å². The number of rotatable bonds is 3. The molecule has 1 unspecified atom stereocenters. The van der Waals surface area contributed by atoms with Gasteiger partial charge in [-0.3, -0.25) is 0 Å². The maximum absolute atomic E-state index is 13.8. The molecule has 0 aromatic heterocycles. The molecule has 2 nitrogen and oxygen atoms in total. The van der Waals surface area contributed by atoms with Gasteiger partial charge in [0.15, 0.2) is 0 Å². The van der Waals surface area contributed by atoms with Crippen LogP contribution >= 0.6 is 0 Å². The molecule has 1 fully saturated rings. The Bertz CT molecular complexity index is 359. The zero-order valence-electron chi connectivity index (χ0n) is 10.3. The molecule has 1 aromatic rings. The third kappa shape index (κ3) is 3.43. The van der Waals surface area contributed by atoms with Crippen LogP contribution in [0.3, 0.4) is 0 Å². The first-order valence-electron chi connectivity index (χ1n) is 6.32. The van der Waals surface area contributed by atoms with E-state index in [-0.39, 0.29) is 5.82 Å². The van der Waals surface area contributed by atoms with Crippen LogP contribution < -0.4 is 10.1 Å². The van der Waals surface area contributed by atoms with E-state index in [1.807, 2.05) is 12.1 Å². The lowest BCUT2D eigenvalue weighted by Crippen LogP contribution is -2.22. The number of ether oxygens (including phenoxy) is 1. The Morgan fingerprint density at radius 1 is 1.41 bits per heavy atom. The van der Waals surface area contributed by atoms with Crippen molar-refractivity contribution in [1.82, 2.24) is 5.32 Å². The zero-order chi connectivity index (χ0) is 12.1. The summed E-state index contributed by atoms with van der Waals surface area (Å²) in [5.41, 5.74) is 0.805. The molecule has 0 radical (unpaired) electrons. The normalized spacial score (nSPS) is 20.9. The summed E-state index contributed by atoms with van der Waals surface area (Å²) >= 11 is 0. The van der Waals surface area contributed by atoms with E-state index in [2.05, 4.69) is 5.32 Å². The first-order valence-corrected chi connectivity index (χ1v) is 6.32. The Labute approximate surface area is 102 Å². The molecular formula is C14H20FNO. The van der Waals surface area contributed by atoms with Crippen LogP contribution in [0.15, 0.2) is 18.2 Å². The van der Waals surface area contributed by atoms with Crippen LogP contribution in [0.2, 0.25) is 0 Å². The Kier molecular flexibility index (Phi) is 4.37. The smallest absolute Gasteiger partial charge is 0.130 e. The van der Waals surface area contributed by atoms with Gasteiger partial charge in [-0.2, -0.15) is 0 Å². The summed E-state index contributed by atoms with van der Waals surface area (Å²) in [4.78, 5) is 0. The number of benzene rings is 1. The Morgan fingerprint density at radius 2 is 2.29 bits per heavy atom. The molecule has 1 aliphatic rings. The zero-order valence-corrected chi connectivity index (χ0v) is 10.3. The van der Waals surface area contributed by atoms with Crippen LogP contribution in [0, 0.1) is 11.7 Å². The van der Waals surface area contributed by atoms with Gasteiger partial charge in [0, 0.05) is 6.07 Å². The molecule has 94 valence electrons. The van der Waals surface area contributed by atoms with Crippen LogP contribution in [-0.2, 0) is 6.42 Å². The molecular weight excluding hydrogens is 217 g/mol. The lowest BCUT2D eigenvalue weighted by Gasteiger charge is -2.15. The second-order valence-corrected chi connectivity index (χ2v) is 4.73. The van der Waals surface area contributed by atoms with Crippen LogP contribution in [0.1, 0.15) is 24.8 Å². The van der Waals surface area contributed by atoms with E-state index in [4.69, 9.17) is 4.74 Å². The fourth-order valence-corrected chi connectivity index (χ4v) is 2.40. The van der Waals surface area contributed by atoms with Crippen molar-refractivity contribution in [3.63, 3.8) is 0 Å². The van der Waals surface area contributed by atoms with Crippen molar-refractivity contribution in [3.8, 4) is 5.75 Å². The van der Waals surface area contributed by atoms with E-state index in [9.17, 15) is 4.39 Å². The second kappa shape index (κ2) is 6.01. The highest BCUT2D eigenvalue weighted by molar-refractivity contribution is 5.29. The summed E-state index contributed by atoms with van der Waals surface area (Å²) in [7, 11) is 1.56. The topological polar surface area (TPSA) is 21.3 Å². The number of hydrogen-bond donors (Lipinski definition) is 1. The maximum atomic E-state index is 13.8. The van der Waals surface area contributed by atoms with Crippen LogP contribution in [0.5, 0.6) is 5.75 Å². The molecule has 2 rings (SSSR count). The molecule has 0 bridgehead atoms. The fraction of sp³-hybridized carbons (Fsp3) is 0.571. The molecule has 1 atom stereocenters. The summed E-state index contributed by atoms with van der Waals surface area (Å²) in [6, 6.07) is 5.15.